The lowest BCUT2D eigenvalue weighted by Gasteiger charge is -2.07. The Hall–Kier alpha value is -1.49. The molecule has 0 aliphatic heterocycles. The molecule has 0 saturated carbocycles. The summed E-state index contributed by atoms with van der Waals surface area (Å²) in [6.45, 7) is 0. The monoisotopic (exact) mass is 302 g/mol. The lowest BCUT2D eigenvalue weighted by molar-refractivity contribution is 0.475. The fraction of sp³-hybridized carbons (Fsp3) is 0. The van der Waals surface area contributed by atoms with Crippen molar-refractivity contribution in [3.05, 3.63) is 52.3 Å². The van der Waals surface area contributed by atoms with Gasteiger partial charge in [0.15, 0.2) is 0 Å². The highest BCUT2D eigenvalue weighted by Gasteiger charge is 2.14. The molecule has 1 nitrogen and oxygen atoms in total. The molecule has 0 heterocycles. The van der Waals surface area contributed by atoms with Crippen molar-refractivity contribution in [1.82, 2.24) is 0 Å². The van der Waals surface area contributed by atoms with Crippen LogP contribution in [0.5, 0.6) is 5.75 Å². The summed E-state index contributed by atoms with van der Waals surface area (Å²) in [5, 5.41) is 9.34. The maximum absolute atomic E-state index is 13.5. The van der Waals surface area contributed by atoms with Crippen molar-refractivity contribution in [2.45, 2.75) is 0 Å². The van der Waals surface area contributed by atoms with Crippen molar-refractivity contribution in [3.63, 3.8) is 0 Å². The van der Waals surface area contributed by atoms with E-state index >= 15 is 0 Å². The number of phenols is 1. The quantitative estimate of drug-likeness (QED) is 0.835. The highest BCUT2D eigenvalue weighted by molar-refractivity contribution is 9.10. The minimum absolute atomic E-state index is 0.131. The molecule has 0 aliphatic rings. The molecule has 0 amide bonds. The minimum Gasteiger partial charge on any atom is -0.508 e. The average Bonchev–Trinajstić information content (AvgIpc) is 2.13. The number of hydrogen-bond acceptors (Lipinski definition) is 1. The Balaban J connectivity index is 2.68. The van der Waals surface area contributed by atoms with Gasteiger partial charge < -0.3 is 5.11 Å². The first-order valence-corrected chi connectivity index (χ1v) is 5.41. The van der Waals surface area contributed by atoms with Crippen LogP contribution in [0.2, 0.25) is 0 Å². The molecule has 0 spiro atoms. The predicted octanol–water partition coefficient (Wildman–Crippen LogP) is 4.24. The molecule has 5 heteroatoms. The summed E-state index contributed by atoms with van der Waals surface area (Å²) in [5.74, 6) is -3.15. The number of aromatic hydroxyl groups is 1. The molecule has 0 fully saturated rings. The fourth-order valence-electron chi connectivity index (χ4n) is 1.54. The predicted molar refractivity (Wildman–Crippen MR) is 61.1 cm³/mol. The normalized spacial score (nSPS) is 10.6. The van der Waals surface area contributed by atoms with E-state index in [4.69, 9.17) is 0 Å². The highest BCUT2D eigenvalue weighted by atomic mass is 79.9. The summed E-state index contributed by atoms with van der Waals surface area (Å²) in [7, 11) is 0. The second kappa shape index (κ2) is 4.41. The largest absolute Gasteiger partial charge is 0.508 e. The molecule has 17 heavy (non-hydrogen) atoms. The lowest BCUT2D eigenvalue weighted by atomic mass is 10.0. The van der Waals surface area contributed by atoms with E-state index in [1.165, 1.54) is 18.2 Å². The van der Waals surface area contributed by atoms with Crippen LogP contribution in [0.25, 0.3) is 11.1 Å². The van der Waals surface area contributed by atoms with Crippen molar-refractivity contribution >= 4 is 15.9 Å². The van der Waals surface area contributed by atoms with E-state index in [0.717, 1.165) is 0 Å². The Morgan fingerprint density at radius 2 is 1.47 bits per heavy atom. The molecule has 0 unspecified atom stereocenters. The second-order valence-corrected chi connectivity index (χ2v) is 4.36. The molecule has 88 valence electrons. The minimum atomic E-state index is -1.01. The van der Waals surface area contributed by atoms with E-state index in [2.05, 4.69) is 15.9 Å². The van der Waals surface area contributed by atoms with Crippen LogP contribution < -0.4 is 0 Å². The van der Waals surface area contributed by atoms with Gasteiger partial charge in [-0.1, -0.05) is 15.9 Å². The third-order valence-corrected chi connectivity index (χ3v) is 2.64. The van der Waals surface area contributed by atoms with Crippen molar-refractivity contribution in [3.8, 4) is 16.9 Å². The maximum atomic E-state index is 13.5. The van der Waals surface area contributed by atoms with E-state index in [1.54, 1.807) is 0 Å². The molecular formula is C12H6BrF3O. The van der Waals surface area contributed by atoms with E-state index in [9.17, 15) is 18.3 Å². The number of hydrogen-bond donors (Lipinski definition) is 1. The Labute approximate surface area is 104 Å². The Kier molecular flexibility index (Phi) is 3.11. The Morgan fingerprint density at radius 1 is 0.882 bits per heavy atom. The van der Waals surface area contributed by atoms with Crippen molar-refractivity contribution in [2.24, 2.45) is 0 Å². The van der Waals surface area contributed by atoms with Crippen LogP contribution in [0, 0.1) is 17.5 Å². The summed E-state index contributed by atoms with van der Waals surface area (Å²) in [6, 6.07) is 5.19. The molecule has 2 rings (SSSR count). The molecule has 0 radical (unpaired) electrons. The van der Waals surface area contributed by atoms with Crippen LogP contribution >= 0.6 is 15.9 Å². The van der Waals surface area contributed by atoms with Crippen LogP contribution in [0.15, 0.2) is 34.8 Å². The first-order chi connectivity index (χ1) is 7.97. The SMILES string of the molecule is Oc1cc(Br)cc(-c2c(F)cc(F)cc2F)c1. The number of benzene rings is 2. The molecule has 2 aromatic rings. The zero-order valence-corrected chi connectivity index (χ0v) is 9.93. The van der Waals surface area contributed by atoms with E-state index in [1.807, 2.05) is 0 Å². The molecule has 0 aliphatic carbocycles. The molecule has 0 saturated heterocycles. The van der Waals surface area contributed by atoms with Gasteiger partial charge in [0.2, 0.25) is 0 Å². The van der Waals surface area contributed by atoms with Gasteiger partial charge in [0.1, 0.15) is 23.2 Å². The van der Waals surface area contributed by atoms with Gasteiger partial charge in [-0.05, 0) is 23.8 Å². The zero-order valence-electron chi connectivity index (χ0n) is 8.35. The van der Waals surface area contributed by atoms with Crippen molar-refractivity contribution in [2.75, 3.05) is 0 Å². The van der Waals surface area contributed by atoms with Gasteiger partial charge in [-0.25, -0.2) is 13.2 Å². The van der Waals surface area contributed by atoms with Gasteiger partial charge in [-0.2, -0.15) is 0 Å². The maximum Gasteiger partial charge on any atom is 0.136 e. The standard InChI is InChI=1S/C12H6BrF3O/c13-7-1-6(2-9(17)3-7)12-10(15)4-8(14)5-11(12)16/h1-5,17H. The van der Waals surface area contributed by atoms with Crippen molar-refractivity contribution in [1.29, 1.82) is 0 Å². The second-order valence-electron chi connectivity index (χ2n) is 3.44. The van der Waals surface area contributed by atoms with Crippen LogP contribution in [-0.4, -0.2) is 5.11 Å². The molecule has 0 aromatic heterocycles. The molecule has 0 bridgehead atoms. The fourth-order valence-corrected chi connectivity index (χ4v) is 2.02. The third-order valence-electron chi connectivity index (χ3n) is 2.18. The molecular weight excluding hydrogens is 297 g/mol. The van der Waals surface area contributed by atoms with Gasteiger partial charge in [-0.3, -0.25) is 0 Å². The Morgan fingerprint density at radius 3 is 2.00 bits per heavy atom. The Bertz CT molecular complexity index is 541. The van der Waals surface area contributed by atoms with E-state index in [0.29, 0.717) is 16.6 Å². The number of halogens is 4. The highest BCUT2D eigenvalue weighted by Crippen LogP contribution is 2.32. The van der Waals surface area contributed by atoms with E-state index < -0.39 is 17.5 Å². The van der Waals surface area contributed by atoms with Crippen LogP contribution in [-0.2, 0) is 0 Å². The molecule has 2 aromatic carbocycles. The first-order valence-electron chi connectivity index (χ1n) is 4.62. The topological polar surface area (TPSA) is 20.2 Å². The third kappa shape index (κ3) is 2.44. The van der Waals surface area contributed by atoms with Crippen LogP contribution in [0.3, 0.4) is 0 Å². The zero-order chi connectivity index (χ0) is 12.6. The summed E-state index contributed by atoms with van der Waals surface area (Å²) < 4.78 is 40.2. The summed E-state index contributed by atoms with van der Waals surface area (Å²) in [4.78, 5) is 0. The van der Waals surface area contributed by atoms with Gasteiger partial charge in [-0.15, -0.1) is 0 Å². The van der Waals surface area contributed by atoms with Crippen LogP contribution in [0.4, 0.5) is 13.2 Å². The molecule has 0 atom stereocenters. The smallest absolute Gasteiger partial charge is 0.136 e. The average molecular weight is 303 g/mol. The van der Waals surface area contributed by atoms with Gasteiger partial charge in [0.25, 0.3) is 0 Å². The van der Waals surface area contributed by atoms with Gasteiger partial charge in [0.05, 0.1) is 5.56 Å². The van der Waals surface area contributed by atoms with Gasteiger partial charge in [0, 0.05) is 16.6 Å². The lowest BCUT2D eigenvalue weighted by Crippen LogP contribution is -1.92. The summed E-state index contributed by atoms with van der Waals surface area (Å²) in [5.41, 5.74) is -0.241. The molecule has 1 N–H and O–H groups in total. The number of rotatable bonds is 1. The summed E-state index contributed by atoms with van der Waals surface area (Å²) in [6.07, 6.45) is 0. The van der Waals surface area contributed by atoms with E-state index in [-0.39, 0.29) is 16.9 Å². The number of phenolic OH excluding ortho intramolecular Hbond substituents is 1. The first kappa shape index (κ1) is 12.0. The summed E-state index contributed by atoms with van der Waals surface area (Å²) >= 11 is 3.09. The van der Waals surface area contributed by atoms with Crippen molar-refractivity contribution < 1.29 is 18.3 Å². The van der Waals surface area contributed by atoms with Crippen LogP contribution in [0.1, 0.15) is 0 Å². The van der Waals surface area contributed by atoms with Gasteiger partial charge >= 0.3 is 0 Å².